The van der Waals surface area contributed by atoms with Crippen molar-refractivity contribution in [2.24, 2.45) is 5.10 Å². The number of rotatable bonds is 5. The van der Waals surface area contributed by atoms with Crippen molar-refractivity contribution in [2.75, 3.05) is 6.61 Å². The fraction of sp³-hybridized carbons (Fsp3) is 0.160. The zero-order chi connectivity index (χ0) is 22.9. The lowest BCUT2D eigenvalue weighted by Gasteiger charge is -2.23. The number of hydrogen-bond donors (Lipinski definition) is 0. The zero-order valence-electron chi connectivity index (χ0n) is 17.7. The summed E-state index contributed by atoms with van der Waals surface area (Å²) in [6.07, 6.45) is 0.449. The molecule has 1 atom stereocenters. The number of thiophene rings is 1. The number of hydrazone groups is 1. The second-order valence-corrected chi connectivity index (χ2v) is 8.84. The molecule has 2 aromatic carbocycles. The Balaban J connectivity index is 1.58. The molecular formula is C25H19ClFN3O2S. The zero-order valence-corrected chi connectivity index (χ0v) is 19.2. The largest absolute Gasteiger partial charge is 0.494 e. The number of pyridine rings is 1. The molecule has 0 saturated heterocycles. The number of amides is 1. The van der Waals surface area contributed by atoms with Crippen LogP contribution in [0.2, 0.25) is 5.15 Å². The Labute approximate surface area is 199 Å². The van der Waals surface area contributed by atoms with Crippen LogP contribution in [-0.4, -0.2) is 28.2 Å². The summed E-state index contributed by atoms with van der Waals surface area (Å²) in [7, 11) is 0. The molecule has 1 unspecified atom stereocenters. The lowest BCUT2D eigenvalue weighted by atomic mass is 10.0. The molecule has 3 heterocycles. The third-order valence-corrected chi connectivity index (χ3v) is 6.69. The summed E-state index contributed by atoms with van der Waals surface area (Å²) >= 11 is 8.16. The first-order chi connectivity index (χ1) is 16.0. The van der Waals surface area contributed by atoms with E-state index in [1.807, 2.05) is 48.7 Å². The van der Waals surface area contributed by atoms with Crippen LogP contribution in [0.25, 0.3) is 10.9 Å². The van der Waals surface area contributed by atoms with E-state index in [9.17, 15) is 9.18 Å². The van der Waals surface area contributed by atoms with E-state index in [-0.39, 0.29) is 10.7 Å². The average Bonchev–Trinajstić information content (AvgIpc) is 3.49. The maximum Gasteiger partial charge on any atom is 0.277 e. The van der Waals surface area contributed by atoms with Gasteiger partial charge >= 0.3 is 0 Å². The van der Waals surface area contributed by atoms with E-state index in [0.29, 0.717) is 29.9 Å². The number of carbonyl (C=O) groups is 1. The van der Waals surface area contributed by atoms with Crippen LogP contribution in [0.3, 0.4) is 0 Å². The Morgan fingerprint density at radius 1 is 1.21 bits per heavy atom. The summed E-state index contributed by atoms with van der Waals surface area (Å²) < 4.78 is 20.0. The molecule has 5 nitrogen and oxygen atoms in total. The van der Waals surface area contributed by atoms with Crippen LogP contribution < -0.4 is 4.74 Å². The van der Waals surface area contributed by atoms with Crippen LogP contribution in [0.1, 0.15) is 40.2 Å². The van der Waals surface area contributed by atoms with Crippen molar-refractivity contribution >= 4 is 45.5 Å². The van der Waals surface area contributed by atoms with Crippen LogP contribution >= 0.6 is 22.9 Å². The van der Waals surface area contributed by atoms with Crippen molar-refractivity contribution in [2.45, 2.75) is 19.4 Å². The van der Waals surface area contributed by atoms with Crippen LogP contribution in [0.5, 0.6) is 5.75 Å². The molecular weight excluding hydrogens is 461 g/mol. The van der Waals surface area contributed by atoms with E-state index in [0.717, 1.165) is 16.0 Å². The quantitative estimate of drug-likeness (QED) is 0.308. The summed E-state index contributed by atoms with van der Waals surface area (Å²) in [5.74, 6) is -0.401. The molecule has 0 spiro atoms. The highest BCUT2D eigenvalue weighted by molar-refractivity contribution is 7.12. The molecule has 0 N–H and O–H groups in total. The van der Waals surface area contributed by atoms with Crippen molar-refractivity contribution < 1.29 is 13.9 Å². The minimum Gasteiger partial charge on any atom is -0.494 e. The summed E-state index contributed by atoms with van der Waals surface area (Å²) in [4.78, 5) is 18.9. The van der Waals surface area contributed by atoms with Gasteiger partial charge in [-0.2, -0.15) is 5.10 Å². The molecule has 0 radical (unpaired) electrons. The minimum absolute atomic E-state index is 0.0371. The number of ether oxygens (including phenoxy) is 1. The molecule has 5 rings (SSSR count). The van der Waals surface area contributed by atoms with Gasteiger partial charge in [0.15, 0.2) is 0 Å². The number of halogens is 2. The van der Waals surface area contributed by atoms with Crippen LogP contribution in [0.4, 0.5) is 4.39 Å². The first-order valence-corrected chi connectivity index (χ1v) is 11.7. The molecule has 8 heteroatoms. The first-order valence-electron chi connectivity index (χ1n) is 10.5. The monoisotopic (exact) mass is 479 g/mol. The maximum atomic E-state index is 14.4. The normalized spacial score (nSPS) is 15.7. The van der Waals surface area contributed by atoms with Gasteiger partial charge in [0, 0.05) is 23.4 Å². The third-order valence-electron chi connectivity index (χ3n) is 5.47. The van der Waals surface area contributed by atoms with Gasteiger partial charge in [-0.05, 0) is 48.7 Å². The van der Waals surface area contributed by atoms with Gasteiger partial charge in [-0.3, -0.25) is 4.79 Å². The molecule has 0 fully saturated rings. The summed E-state index contributed by atoms with van der Waals surface area (Å²) in [5, 5.41) is 9.02. The molecule has 166 valence electrons. The van der Waals surface area contributed by atoms with Gasteiger partial charge in [0.25, 0.3) is 5.91 Å². The lowest BCUT2D eigenvalue weighted by molar-refractivity contribution is 0.0706. The first kappa shape index (κ1) is 21.6. The van der Waals surface area contributed by atoms with Crippen molar-refractivity contribution in [3.05, 3.63) is 93.0 Å². The number of aromatic nitrogens is 1. The Bertz CT molecular complexity index is 1370. The standard InChI is InChI=1S/C25H19ClFN3O2S/c1-2-32-16-10-9-15-12-18(24(26)28-20(15)13-16)22-14-21(23-8-5-11-33-23)29-30(22)25(31)17-6-3-4-7-19(17)27/h3-13,22H,2,14H2,1H3. The molecule has 1 aliphatic rings. The van der Waals surface area contributed by atoms with Gasteiger partial charge < -0.3 is 4.74 Å². The topological polar surface area (TPSA) is 54.8 Å². The van der Waals surface area contributed by atoms with E-state index in [1.54, 1.807) is 12.1 Å². The van der Waals surface area contributed by atoms with E-state index >= 15 is 0 Å². The highest BCUT2D eigenvalue weighted by Gasteiger charge is 2.36. The van der Waals surface area contributed by atoms with E-state index < -0.39 is 17.8 Å². The van der Waals surface area contributed by atoms with Gasteiger partial charge in [-0.15, -0.1) is 11.3 Å². The van der Waals surface area contributed by atoms with Crippen LogP contribution in [-0.2, 0) is 0 Å². The van der Waals surface area contributed by atoms with Crippen molar-refractivity contribution in [3.8, 4) is 5.75 Å². The Morgan fingerprint density at radius 3 is 2.82 bits per heavy atom. The smallest absolute Gasteiger partial charge is 0.277 e. The van der Waals surface area contributed by atoms with Crippen LogP contribution in [0.15, 0.2) is 71.1 Å². The second-order valence-electron chi connectivity index (χ2n) is 7.53. The lowest BCUT2D eigenvalue weighted by Crippen LogP contribution is -2.28. The van der Waals surface area contributed by atoms with Gasteiger partial charge in [0.05, 0.1) is 34.3 Å². The molecule has 1 amide bonds. The SMILES string of the molecule is CCOc1ccc2cc(C3CC(c4cccs4)=NN3C(=O)c3ccccc3F)c(Cl)nc2c1. The van der Waals surface area contributed by atoms with Gasteiger partial charge in [0.2, 0.25) is 0 Å². The average molecular weight is 480 g/mol. The van der Waals surface area contributed by atoms with Gasteiger partial charge in [-0.25, -0.2) is 14.4 Å². The minimum atomic E-state index is -0.591. The number of nitrogens with zero attached hydrogens (tertiary/aromatic N) is 3. The molecule has 0 aliphatic carbocycles. The third kappa shape index (κ3) is 4.10. The number of carbonyl (C=O) groups excluding carboxylic acids is 1. The molecule has 0 bridgehead atoms. The summed E-state index contributed by atoms with van der Waals surface area (Å²) in [6.45, 7) is 2.47. The Morgan fingerprint density at radius 2 is 2.06 bits per heavy atom. The second kappa shape index (κ2) is 8.92. The van der Waals surface area contributed by atoms with E-state index in [2.05, 4.69) is 10.1 Å². The van der Waals surface area contributed by atoms with Gasteiger partial charge in [0.1, 0.15) is 16.7 Å². The fourth-order valence-electron chi connectivity index (χ4n) is 3.92. The predicted molar refractivity (Wildman–Crippen MR) is 129 cm³/mol. The Hall–Kier alpha value is -3.29. The summed E-state index contributed by atoms with van der Waals surface area (Å²) in [5.41, 5.74) is 2.07. The van der Waals surface area contributed by atoms with Crippen molar-refractivity contribution in [1.82, 2.24) is 9.99 Å². The molecule has 1 aliphatic heterocycles. The molecule has 4 aromatic rings. The Kier molecular flexibility index (Phi) is 5.83. The number of hydrogen-bond acceptors (Lipinski definition) is 5. The van der Waals surface area contributed by atoms with Crippen molar-refractivity contribution in [1.29, 1.82) is 0 Å². The van der Waals surface area contributed by atoms with Crippen molar-refractivity contribution in [3.63, 3.8) is 0 Å². The molecule has 33 heavy (non-hydrogen) atoms. The van der Waals surface area contributed by atoms with E-state index in [1.165, 1.54) is 28.5 Å². The number of fused-ring (bicyclic) bond motifs is 1. The molecule has 0 saturated carbocycles. The maximum absolute atomic E-state index is 14.4. The number of benzene rings is 2. The fourth-order valence-corrected chi connectivity index (χ4v) is 4.91. The summed E-state index contributed by atoms with van der Waals surface area (Å²) in [6, 6.07) is 16.8. The highest BCUT2D eigenvalue weighted by Crippen LogP contribution is 2.39. The predicted octanol–water partition coefficient (Wildman–Crippen LogP) is 6.48. The van der Waals surface area contributed by atoms with E-state index in [4.69, 9.17) is 16.3 Å². The molecule has 2 aromatic heterocycles. The van der Waals surface area contributed by atoms with Gasteiger partial charge in [-0.1, -0.05) is 29.8 Å². The highest BCUT2D eigenvalue weighted by atomic mass is 35.5. The van der Waals surface area contributed by atoms with Crippen LogP contribution in [0, 0.1) is 5.82 Å².